The number of rotatable bonds is 9. The molecule has 0 saturated heterocycles. The van der Waals surface area contributed by atoms with Crippen LogP contribution in [0.4, 0.5) is 0 Å². The smallest absolute Gasteiger partial charge is 0.333 e. The number of fused-ring (bicyclic) bond motifs is 1. The van der Waals surface area contributed by atoms with Crippen molar-refractivity contribution in [2.24, 2.45) is 22.7 Å². The second kappa shape index (κ2) is 10.5. The molecule has 6 heteroatoms. The van der Waals surface area contributed by atoms with Gasteiger partial charge >= 0.3 is 17.9 Å². The van der Waals surface area contributed by atoms with Crippen LogP contribution in [0, 0.1) is 22.7 Å². The van der Waals surface area contributed by atoms with Gasteiger partial charge in [0.2, 0.25) is 0 Å². The summed E-state index contributed by atoms with van der Waals surface area (Å²) in [5.74, 6) is -0.301. The third-order valence-corrected chi connectivity index (χ3v) is 7.99. The lowest BCUT2D eigenvalue weighted by molar-refractivity contribution is -0.156. The highest BCUT2D eigenvalue weighted by molar-refractivity contribution is 5.87. The molecule has 0 aromatic heterocycles. The van der Waals surface area contributed by atoms with Gasteiger partial charge in [-0.15, -0.1) is 0 Å². The highest BCUT2D eigenvalue weighted by Gasteiger charge is 2.55. The second-order valence-corrected chi connectivity index (χ2v) is 9.45. The molecule has 0 aliphatic heterocycles. The SMILES string of the molecule is C=C(CC[C@@]1(C)[C@H](C)CC[C@@]2(COC(=O)CCC(=O)OC)C(C)=CCC[C@@H]21)C(=O)OC. The normalized spacial score (nSPS) is 29.9. The molecular weight excluding hydrogens is 396 g/mol. The lowest BCUT2D eigenvalue weighted by Crippen LogP contribution is -2.53. The molecule has 1 fully saturated rings. The van der Waals surface area contributed by atoms with E-state index >= 15 is 0 Å². The van der Waals surface area contributed by atoms with E-state index in [1.807, 2.05) is 0 Å². The number of esters is 3. The molecule has 2 aliphatic rings. The summed E-state index contributed by atoms with van der Waals surface area (Å²) in [4.78, 5) is 35.5. The molecule has 0 unspecified atom stereocenters. The van der Waals surface area contributed by atoms with Crippen LogP contribution in [-0.2, 0) is 28.6 Å². The summed E-state index contributed by atoms with van der Waals surface area (Å²) in [5.41, 5.74) is 1.58. The Kier molecular flexibility index (Phi) is 8.49. The molecule has 0 aromatic rings. The Hall–Kier alpha value is -2.11. The van der Waals surface area contributed by atoms with Gasteiger partial charge < -0.3 is 14.2 Å². The Morgan fingerprint density at radius 2 is 1.77 bits per heavy atom. The van der Waals surface area contributed by atoms with Crippen LogP contribution in [0.3, 0.4) is 0 Å². The van der Waals surface area contributed by atoms with Gasteiger partial charge in [0.15, 0.2) is 0 Å². The molecular formula is C25H38O6. The van der Waals surface area contributed by atoms with Crippen molar-refractivity contribution < 1.29 is 28.6 Å². The third kappa shape index (κ3) is 5.39. The van der Waals surface area contributed by atoms with Crippen LogP contribution in [0.1, 0.15) is 72.1 Å². The van der Waals surface area contributed by atoms with Crippen molar-refractivity contribution in [3.05, 3.63) is 23.8 Å². The molecule has 0 radical (unpaired) electrons. The van der Waals surface area contributed by atoms with Crippen molar-refractivity contribution in [3.63, 3.8) is 0 Å². The van der Waals surface area contributed by atoms with Gasteiger partial charge in [-0.2, -0.15) is 0 Å². The minimum absolute atomic E-state index is 0.0108. The molecule has 6 nitrogen and oxygen atoms in total. The highest BCUT2D eigenvalue weighted by Crippen LogP contribution is 2.62. The van der Waals surface area contributed by atoms with E-state index in [-0.39, 0.29) is 35.6 Å². The van der Waals surface area contributed by atoms with Crippen LogP contribution in [0.15, 0.2) is 23.8 Å². The molecule has 0 aromatic carbocycles. The molecule has 2 rings (SSSR count). The van der Waals surface area contributed by atoms with Crippen LogP contribution in [0.25, 0.3) is 0 Å². The fourth-order valence-electron chi connectivity index (χ4n) is 5.66. The lowest BCUT2D eigenvalue weighted by Gasteiger charge is -2.58. The first-order chi connectivity index (χ1) is 14.6. The standard InChI is InChI=1S/C25H38O6/c1-17(23(28)30-6)12-14-24(4)18(2)13-15-25(19(3)8-7-9-20(24)25)16-31-22(27)11-10-21(26)29-5/h8,18,20H,1,7,9-16H2,2-6H3/t18-,20-,24+,25-/m1/s1. The maximum absolute atomic E-state index is 12.3. The summed E-state index contributed by atoms with van der Waals surface area (Å²) < 4.78 is 15.2. The average molecular weight is 435 g/mol. The fraction of sp³-hybridized carbons (Fsp3) is 0.720. The van der Waals surface area contributed by atoms with E-state index in [0.29, 0.717) is 30.4 Å². The van der Waals surface area contributed by atoms with Gasteiger partial charge in [-0.25, -0.2) is 4.79 Å². The molecule has 4 atom stereocenters. The molecule has 174 valence electrons. The van der Waals surface area contributed by atoms with Crippen molar-refractivity contribution in [3.8, 4) is 0 Å². The number of carbonyl (C=O) groups excluding carboxylic acids is 3. The first kappa shape index (κ1) is 25.2. The zero-order chi connectivity index (χ0) is 23.2. The van der Waals surface area contributed by atoms with Crippen molar-refractivity contribution in [1.29, 1.82) is 0 Å². The van der Waals surface area contributed by atoms with E-state index < -0.39 is 5.97 Å². The van der Waals surface area contributed by atoms with Crippen molar-refractivity contribution in [1.82, 2.24) is 0 Å². The van der Waals surface area contributed by atoms with E-state index in [9.17, 15) is 14.4 Å². The minimum Gasteiger partial charge on any atom is -0.469 e. The van der Waals surface area contributed by atoms with Crippen LogP contribution in [0.2, 0.25) is 0 Å². The predicted molar refractivity (Wildman–Crippen MR) is 118 cm³/mol. The number of allylic oxidation sites excluding steroid dienone is 1. The average Bonchev–Trinajstić information content (AvgIpc) is 2.77. The number of ether oxygens (including phenoxy) is 3. The molecule has 1 saturated carbocycles. The van der Waals surface area contributed by atoms with Gasteiger partial charge in [0.05, 0.1) is 27.1 Å². The first-order valence-electron chi connectivity index (χ1n) is 11.3. The summed E-state index contributed by atoms with van der Waals surface area (Å²) in [6, 6.07) is 0. The van der Waals surface area contributed by atoms with Gasteiger partial charge in [-0.05, 0) is 62.7 Å². The summed E-state index contributed by atoms with van der Waals surface area (Å²) in [5, 5.41) is 0. The molecule has 0 amide bonds. The van der Waals surface area contributed by atoms with Crippen molar-refractivity contribution >= 4 is 17.9 Å². The highest BCUT2D eigenvalue weighted by atomic mass is 16.5. The first-order valence-corrected chi connectivity index (χ1v) is 11.3. The minimum atomic E-state index is -0.411. The van der Waals surface area contributed by atoms with E-state index in [1.165, 1.54) is 19.8 Å². The van der Waals surface area contributed by atoms with E-state index in [0.717, 1.165) is 32.1 Å². The molecule has 0 N–H and O–H groups in total. The van der Waals surface area contributed by atoms with E-state index in [2.05, 4.69) is 38.2 Å². The second-order valence-electron chi connectivity index (χ2n) is 9.45. The molecule has 0 bridgehead atoms. The van der Waals surface area contributed by atoms with Gasteiger partial charge in [0.25, 0.3) is 0 Å². The predicted octanol–water partition coefficient (Wildman–Crippen LogP) is 4.77. The maximum Gasteiger partial charge on any atom is 0.333 e. The number of hydrogen-bond donors (Lipinski definition) is 0. The molecule has 0 heterocycles. The fourth-order valence-corrected chi connectivity index (χ4v) is 5.66. The Bertz CT molecular complexity index is 738. The molecule has 31 heavy (non-hydrogen) atoms. The topological polar surface area (TPSA) is 78.9 Å². The van der Waals surface area contributed by atoms with Gasteiger partial charge in [-0.1, -0.05) is 32.1 Å². The summed E-state index contributed by atoms with van der Waals surface area (Å²) in [6.45, 7) is 11.0. The Morgan fingerprint density at radius 3 is 2.42 bits per heavy atom. The molecule has 0 spiro atoms. The number of hydrogen-bond acceptors (Lipinski definition) is 6. The van der Waals surface area contributed by atoms with Crippen molar-refractivity contribution in [2.75, 3.05) is 20.8 Å². The zero-order valence-electron chi connectivity index (χ0n) is 19.8. The number of methoxy groups -OCH3 is 2. The van der Waals surface area contributed by atoms with Crippen LogP contribution >= 0.6 is 0 Å². The van der Waals surface area contributed by atoms with Gasteiger partial charge in [0.1, 0.15) is 6.61 Å². The Morgan fingerprint density at radius 1 is 1.10 bits per heavy atom. The largest absolute Gasteiger partial charge is 0.469 e. The quantitative estimate of drug-likeness (QED) is 0.225. The van der Waals surface area contributed by atoms with Crippen molar-refractivity contribution in [2.45, 2.75) is 72.1 Å². The monoisotopic (exact) mass is 434 g/mol. The Balaban J connectivity index is 2.19. The summed E-state index contributed by atoms with van der Waals surface area (Å²) in [7, 11) is 2.69. The summed E-state index contributed by atoms with van der Waals surface area (Å²) in [6.07, 6.45) is 7.83. The van der Waals surface area contributed by atoms with E-state index in [4.69, 9.17) is 9.47 Å². The summed E-state index contributed by atoms with van der Waals surface area (Å²) >= 11 is 0. The number of carbonyl (C=O) groups is 3. The van der Waals surface area contributed by atoms with Crippen LogP contribution < -0.4 is 0 Å². The lowest BCUT2D eigenvalue weighted by atomic mass is 9.46. The van der Waals surface area contributed by atoms with Crippen LogP contribution in [-0.4, -0.2) is 38.7 Å². The third-order valence-electron chi connectivity index (χ3n) is 7.99. The van der Waals surface area contributed by atoms with Gasteiger partial charge in [0, 0.05) is 11.0 Å². The Labute approximate surface area is 186 Å². The zero-order valence-corrected chi connectivity index (χ0v) is 19.8. The maximum atomic E-state index is 12.3. The van der Waals surface area contributed by atoms with Crippen LogP contribution in [0.5, 0.6) is 0 Å². The van der Waals surface area contributed by atoms with Gasteiger partial charge in [-0.3, -0.25) is 9.59 Å². The van der Waals surface area contributed by atoms with E-state index in [1.54, 1.807) is 0 Å². The molecule has 2 aliphatic carbocycles.